The molecular formula is C14H9N7O. The number of fused-ring (bicyclic) bond motifs is 1. The molecule has 0 bridgehead atoms. The molecule has 1 aromatic heterocycles. The number of para-hydroxylation sites is 1. The third-order valence-corrected chi connectivity index (χ3v) is 3.25. The van der Waals surface area contributed by atoms with Gasteiger partial charge in [-0.1, -0.05) is 23.4 Å². The Morgan fingerprint density at radius 2 is 1.91 bits per heavy atom. The number of nitrogens with zero attached hydrogens (tertiary/aromatic N) is 6. The fourth-order valence-corrected chi connectivity index (χ4v) is 2.25. The first-order valence-corrected chi connectivity index (χ1v) is 6.46. The molecule has 0 saturated heterocycles. The van der Waals surface area contributed by atoms with Gasteiger partial charge in [-0.25, -0.2) is 9.67 Å². The van der Waals surface area contributed by atoms with E-state index in [2.05, 4.69) is 25.3 Å². The van der Waals surface area contributed by atoms with Crippen molar-refractivity contribution in [2.45, 2.75) is 0 Å². The van der Waals surface area contributed by atoms with Crippen LogP contribution in [0.2, 0.25) is 0 Å². The topological polar surface area (TPSA) is 111 Å². The number of aliphatic imine (C=N–C) groups is 3. The van der Waals surface area contributed by atoms with Gasteiger partial charge in [0.25, 0.3) is 5.91 Å². The van der Waals surface area contributed by atoms with Crippen LogP contribution < -0.4 is 5.73 Å². The molecular weight excluding hydrogens is 282 g/mol. The molecule has 0 spiro atoms. The second-order valence-electron chi connectivity index (χ2n) is 4.64. The number of allylic oxidation sites excluding steroid dienone is 1. The van der Waals surface area contributed by atoms with E-state index in [9.17, 15) is 4.79 Å². The first kappa shape index (κ1) is 12.3. The molecule has 0 fully saturated rings. The molecule has 2 aromatic rings. The number of rotatable bonds is 2. The molecule has 2 N–H and O–H groups in total. The number of carbonyl (C=O) groups is 1. The van der Waals surface area contributed by atoms with Crippen molar-refractivity contribution in [3.05, 3.63) is 47.8 Å². The zero-order valence-electron chi connectivity index (χ0n) is 11.2. The molecule has 0 radical (unpaired) electrons. The van der Waals surface area contributed by atoms with Crippen molar-refractivity contribution in [2.75, 3.05) is 0 Å². The maximum atomic E-state index is 12.0. The Kier molecular flexibility index (Phi) is 2.55. The summed E-state index contributed by atoms with van der Waals surface area (Å²) in [4.78, 5) is 23.7. The van der Waals surface area contributed by atoms with E-state index >= 15 is 0 Å². The monoisotopic (exact) mass is 291 g/mol. The molecule has 0 unspecified atom stereocenters. The van der Waals surface area contributed by atoms with E-state index in [0.717, 1.165) is 5.69 Å². The fraction of sp³-hybridized carbons (Fsp3) is 0. The van der Waals surface area contributed by atoms with Crippen LogP contribution in [0.15, 0.2) is 57.1 Å². The van der Waals surface area contributed by atoms with E-state index in [1.807, 2.05) is 30.3 Å². The molecule has 8 nitrogen and oxygen atoms in total. The van der Waals surface area contributed by atoms with Crippen LogP contribution in [0.25, 0.3) is 11.3 Å². The van der Waals surface area contributed by atoms with Gasteiger partial charge in [0.1, 0.15) is 5.69 Å². The zero-order chi connectivity index (χ0) is 15.1. The number of amides is 1. The second-order valence-corrected chi connectivity index (χ2v) is 4.64. The van der Waals surface area contributed by atoms with E-state index < -0.39 is 5.91 Å². The van der Waals surface area contributed by atoms with E-state index in [1.54, 1.807) is 10.9 Å². The lowest BCUT2D eigenvalue weighted by atomic mass is 10.1. The Balaban J connectivity index is 1.78. The minimum absolute atomic E-state index is 0.0879. The predicted molar refractivity (Wildman–Crippen MR) is 80.8 cm³/mol. The average molecular weight is 291 g/mol. The summed E-state index contributed by atoms with van der Waals surface area (Å²) in [6, 6.07) is 9.54. The normalized spacial score (nSPS) is 16.6. The molecule has 0 atom stereocenters. The maximum absolute atomic E-state index is 12.0. The van der Waals surface area contributed by atoms with Crippen LogP contribution >= 0.6 is 0 Å². The Bertz CT molecular complexity index is 902. The smallest absolute Gasteiger partial charge is 0.284 e. The standard InChI is InChI=1S/C14H9N7O/c15-14-17-12-11(13(22)18-14)9(6-16-12)10-7-21(20-19-10)8-4-2-1-3-5-8/h1-7H,(H2,15,18,22). The number of hydrogen-bond donors (Lipinski definition) is 1. The first-order chi connectivity index (χ1) is 10.7. The molecule has 2 aliphatic rings. The summed E-state index contributed by atoms with van der Waals surface area (Å²) in [5.41, 5.74) is 7.70. The van der Waals surface area contributed by atoms with Crippen LogP contribution in [0.1, 0.15) is 5.69 Å². The number of nitrogens with two attached hydrogens (primary N) is 1. The fourth-order valence-electron chi connectivity index (χ4n) is 2.25. The molecule has 3 heterocycles. The predicted octanol–water partition coefficient (Wildman–Crippen LogP) is 0.359. The molecule has 0 saturated carbocycles. The highest BCUT2D eigenvalue weighted by Gasteiger charge is 2.30. The lowest BCUT2D eigenvalue weighted by Gasteiger charge is -2.05. The molecule has 2 aliphatic heterocycles. The SMILES string of the molecule is NC1=NC(=O)C2=C(c3cn(-c4ccccc4)nn3)C=NC2=N1. The van der Waals surface area contributed by atoms with E-state index in [1.165, 1.54) is 6.21 Å². The Morgan fingerprint density at radius 1 is 1.09 bits per heavy atom. The summed E-state index contributed by atoms with van der Waals surface area (Å²) >= 11 is 0. The summed E-state index contributed by atoms with van der Waals surface area (Å²) < 4.78 is 1.62. The van der Waals surface area contributed by atoms with Crippen LogP contribution in [0.3, 0.4) is 0 Å². The Morgan fingerprint density at radius 3 is 2.73 bits per heavy atom. The van der Waals surface area contributed by atoms with Crippen LogP contribution in [0.4, 0.5) is 0 Å². The Hall–Kier alpha value is -3.42. The maximum Gasteiger partial charge on any atom is 0.284 e. The zero-order valence-corrected chi connectivity index (χ0v) is 11.2. The van der Waals surface area contributed by atoms with Crippen molar-refractivity contribution in [1.29, 1.82) is 0 Å². The van der Waals surface area contributed by atoms with Crippen molar-refractivity contribution in [3.8, 4) is 5.69 Å². The van der Waals surface area contributed by atoms with E-state index in [4.69, 9.17) is 5.73 Å². The van der Waals surface area contributed by atoms with Crippen molar-refractivity contribution in [1.82, 2.24) is 15.0 Å². The highest BCUT2D eigenvalue weighted by Crippen LogP contribution is 2.25. The quantitative estimate of drug-likeness (QED) is 0.860. The van der Waals surface area contributed by atoms with Crippen molar-refractivity contribution in [3.63, 3.8) is 0 Å². The lowest BCUT2D eigenvalue weighted by Crippen LogP contribution is -2.22. The number of amidine groups is 1. The number of carbonyl (C=O) groups excluding carboxylic acids is 1. The minimum Gasteiger partial charge on any atom is -0.368 e. The van der Waals surface area contributed by atoms with Gasteiger partial charge in [-0.05, 0) is 12.1 Å². The average Bonchev–Trinajstić information content (AvgIpc) is 3.14. The number of aromatic nitrogens is 3. The molecule has 1 aromatic carbocycles. The van der Waals surface area contributed by atoms with Gasteiger partial charge in [0.15, 0.2) is 5.84 Å². The van der Waals surface area contributed by atoms with Gasteiger partial charge < -0.3 is 5.73 Å². The van der Waals surface area contributed by atoms with Gasteiger partial charge in [-0.15, -0.1) is 5.10 Å². The highest BCUT2D eigenvalue weighted by atomic mass is 16.1. The molecule has 1 amide bonds. The van der Waals surface area contributed by atoms with Crippen molar-refractivity contribution in [2.24, 2.45) is 20.7 Å². The molecule has 0 aliphatic carbocycles. The summed E-state index contributed by atoms with van der Waals surface area (Å²) in [5.74, 6) is -0.291. The van der Waals surface area contributed by atoms with E-state index in [0.29, 0.717) is 16.8 Å². The van der Waals surface area contributed by atoms with Gasteiger partial charge in [-0.3, -0.25) is 4.79 Å². The molecule has 8 heteroatoms. The lowest BCUT2D eigenvalue weighted by molar-refractivity contribution is -0.113. The van der Waals surface area contributed by atoms with Crippen LogP contribution in [-0.2, 0) is 4.79 Å². The van der Waals surface area contributed by atoms with Gasteiger partial charge in [0, 0.05) is 11.8 Å². The largest absolute Gasteiger partial charge is 0.368 e. The van der Waals surface area contributed by atoms with Crippen molar-refractivity contribution >= 4 is 29.5 Å². The summed E-state index contributed by atoms with van der Waals surface area (Å²) in [5, 5.41) is 8.16. The molecule has 106 valence electrons. The summed E-state index contributed by atoms with van der Waals surface area (Å²) in [6.07, 6.45) is 3.25. The van der Waals surface area contributed by atoms with Crippen LogP contribution in [-0.4, -0.2) is 38.9 Å². The minimum atomic E-state index is -0.468. The Labute approximate surface area is 124 Å². The third-order valence-electron chi connectivity index (χ3n) is 3.25. The van der Waals surface area contributed by atoms with Crippen LogP contribution in [0, 0.1) is 0 Å². The molecule has 4 rings (SSSR count). The van der Waals surface area contributed by atoms with E-state index in [-0.39, 0.29) is 11.8 Å². The second kappa shape index (κ2) is 4.55. The number of guanidine groups is 1. The summed E-state index contributed by atoms with van der Waals surface area (Å²) in [7, 11) is 0. The highest BCUT2D eigenvalue weighted by molar-refractivity contribution is 6.42. The third kappa shape index (κ3) is 1.85. The first-order valence-electron chi connectivity index (χ1n) is 6.46. The van der Waals surface area contributed by atoms with Crippen molar-refractivity contribution < 1.29 is 4.79 Å². The summed E-state index contributed by atoms with van der Waals surface area (Å²) in [6.45, 7) is 0. The molecule has 22 heavy (non-hydrogen) atoms. The van der Waals surface area contributed by atoms with Gasteiger partial charge in [0.05, 0.1) is 17.5 Å². The number of hydrogen-bond acceptors (Lipinski definition) is 6. The number of benzene rings is 1. The van der Waals surface area contributed by atoms with Gasteiger partial charge in [-0.2, -0.15) is 9.98 Å². The van der Waals surface area contributed by atoms with Crippen LogP contribution in [0.5, 0.6) is 0 Å². The van der Waals surface area contributed by atoms with Gasteiger partial charge >= 0.3 is 0 Å². The van der Waals surface area contributed by atoms with Gasteiger partial charge in [0.2, 0.25) is 5.96 Å².